The third-order valence-electron chi connectivity index (χ3n) is 10.4. The Balaban J connectivity index is 0.000000188. The average molecular weight is 663 g/mol. The fourth-order valence-electron chi connectivity index (χ4n) is 6.19. The molecule has 4 aromatic carbocycles. The van der Waals surface area contributed by atoms with Crippen molar-refractivity contribution in [2.45, 2.75) is 105 Å². The molecule has 0 fully saturated rings. The maximum atomic E-state index is 12.6. The Morgan fingerprint density at radius 3 is 1.82 bits per heavy atom. The number of hydrogen-bond donors (Lipinski definition) is 1. The molecule has 0 radical (unpaired) electrons. The van der Waals surface area contributed by atoms with E-state index in [-0.39, 0.29) is 23.8 Å². The summed E-state index contributed by atoms with van der Waals surface area (Å²) in [7, 11) is 0. The molecule has 4 unspecified atom stereocenters. The minimum absolute atomic E-state index is 0.0117. The van der Waals surface area contributed by atoms with Gasteiger partial charge in [0.1, 0.15) is 23.2 Å². The van der Waals surface area contributed by atoms with E-state index < -0.39 is 5.60 Å². The van der Waals surface area contributed by atoms with E-state index >= 15 is 0 Å². The summed E-state index contributed by atoms with van der Waals surface area (Å²) in [6.07, 6.45) is 4.18. The van der Waals surface area contributed by atoms with Crippen molar-refractivity contribution in [3.63, 3.8) is 0 Å². The van der Waals surface area contributed by atoms with Crippen molar-refractivity contribution in [3.05, 3.63) is 130 Å². The van der Waals surface area contributed by atoms with E-state index in [2.05, 4.69) is 52.0 Å². The molecular weight excluding hydrogens is 608 g/mol. The number of carbonyl (C=O) groups excluding carboxylic acids is 2. The molecule has 49 heavy (non-hydrogen) atoms. The van der Waals surface area contributed by atoms with Gasteiger partial charge in [0.15, 0.2) is 5.78 Å². The lowest BCUT2D eigenvalue weighted by Gasteiger charge is -2.31. The number of para-hydroxylation sites is 1. The number of hydrogen-bond acceptors (Lipinski definition) is 5. The summed E-state index contributed by atoms with van der Waals surface area (Å²) < 4.78 is 11.5. The zero-order chi connectivity index (χ0) is 35.7. The molecule has 0 spiro atoms. The number of aromatic hydroxyl groups is 1. The monoisotopic (exact) mass is 662 g/mol. The summed E-state index contributed by atoms with van der Waals surface area (Å²) >= 11 is 0. The van der Waals surface area contributed by atoms with Crippen LogP contribution in [0.15, 0.2) is 97.1 Å². The van der Waals surface area contributed by atoms with Gasteiger partial charge in [0.25, 0.3) is 0 Å². The van der Waals surface area contributed by atoms with E-state index in [1.165, 1.54) is 22.3 Å². The molecular formula is C44H54O5. The maximum Gasteiger partial charge on any atom is 0.338 e. The smallest absolute Gasteiger partial charge is 0.338 e. The number of phenolic OH excluding ortho intramolecular Hbond substituents is 1. The van der Waals surface area contributed by atoms with Crippen LogP contribution in [0.4, 0.5) is 0 Å². The highest BCUT2D eigenvalue weighted by Gasteiger charge is 2.37. The van der Waals surface area contributed by atoms with Gasteiger partial charge in [0.05, 0.1) is 17.0 Å². The van der Waals surface area contributed by atoms with Crippen molar-refractivity contribution < 1.29 is 24.2 Å². The van der Waals surface area contributed by atoms with Crippen molar-refractivity contribution in [1.29, 1.82) is 0 Å². The summed E-state index contributed by atoms with van der Waals surface area (Å²) in [6.45, 7) is 16.6. The molecule has 1 heterocycles. The lowest BCUT2D eigenvalue weighted by atomic mass is 9.88. The number of rotatable bonds is 7. The van der Waals surface area contributed by atoms with E-state index in [9.17, 15) is 9.59 Å². The molecule has 0 saturated heterocycles. The fourth-order valence-corrected chi connectivity index (χ4v) is 6.19. The second-order valence-corrected chi connectivity index (χ2v) is 14.2. The van der Waals surface area contributed by atoms with Crippen LogP contribution in [0.3, 0.4) is 0 Å². The van der Waals surface area contributed by atoms with Crippen LogP contribution in [-0.4, -0.2) is 28.6 Å². The Morgan fingerprint density at radius 2 is 1.29 bits per heavy atom. The third kappa shape index (κ3) is 9.62. The summed E-state index contributed by atoms with van der Waals surface area (Å²) in [5, 5.41) is 9.01. The van der Waals surface area contributed by atoms with E-state index in [4.69, 9.17) is 14.6 Å². The van der Waals surface area contributed by atoms with Gasteiger partial charge in [0, 0.05) is 5.92 Å². The number of esters is 1. The van der Waals surface area contributed by atoms with Gasteiger partial charge in [-0.1, -0.05) is 95.3 Å². The first-order valence-corrected chi connectivity index (χ1v) is 17.8. The molecule has 0 bridgehead atoms. The number of Topliss-reactive ketones (excluding diaryl/α,β-unsaturated/α-hetero) is 1. The largest absolute Gasteiger partial charge is 0.508 e. The van der Waals surface area contributed by atoms with Gasteiger partial charge in [-0.2, -0.15) is 0 Å². The second-order valence-electron chi connectivity index (χ2n) is 14.2. The Bertz CT molecular complexity index is 1650. The minimum Gasteiger partial charge on any atom is -0.508 e. The predicted molar refractivity (Wildman–Crippen MR) is 199 cm³/mol. The van der Waals surface area contributed by atoms with Gasteiger partial charge in [0.2, 0.25) is 0 Å². The summed E-state index contributed by atoms with van der Waals surface area (Å²) in [4.78, 5) is 24.4. The van der Waals surface area contributed by atoms with Gasteiger partial charge in [-0.15, -0.1) is 0 Å². The Labute approximate surface area is 293 Å². The van der Waals surface area contributed by atoms with Crippen molar-refractivity contribution in [2.24, 2.45) is 11.8 Å². The molecule has 0 amide bonds. The SMILES string of the molecule is CC1Oc2ccccc2C(=O)C1C.CCC(C)c1ccc(C(=O)OC(C)(C)C2Cc3ccccc3C2)cc1.CCC(C)c1ccc(O)cc1. The highest BCUT2D eigenvalue weighted by atomic mass is 16.6. The minimum atomic E-state index is -0.481. The van der Waals surface area contributed by atoms with E-state index in [1.54, 1.807) is 12.1 Å². The quantitative estimate of drug-likeness (QED) is 0.199. The summed E-state index contributed by atoms with van der Waals surface area (Å²) in [5.74, 6) is 2.43. The van der Waals surface area contributed by atoms with Crippen molar-refractivity contribution in [3.8, 4) is 11.5 Å². The van der Waals surface area contributed by atoms with E-state index in [0.717, 1.165) is 31.4 Å². The van der Waals surface area contributed by atoms with Crippen LogP contribution >= 0.6 is 0 Å². The molecule has 1 aliphatic carbocycles. The number of phenols is 1. The molecule has 5 heteroatoms. The van der Waals surface area contributed by atoms with Crippen LogP contribution in [0.2, 0.25) is 0 Å². The van der Waals surface area contributed by atoms with Crippen LogP contribution in [0.25, 0.3) is 0 Å². The second kappa shape index (κ2) is 16.8. The zero-order valence-corrected chi connectivity index (χ0v) is 30.5. The Hall–Kier alpha value is -4.38. The van der Waals surface area contributed by atoms with Crippen LogP contribution in [0.5, 0.6) is 11.5 Å². The molecule has 0 saturated carbocycles. The van der Waals surface area contributed by atoms with Crippen LogP contribution in [0, 0.1) is 11.8 Å². The molecule has 6 rings (SSSR count). The van der Waals surface area contributed by atoms with Crippen LogP contribution < -0.4 is 4.74 Å². The molecule has 260 valence electrons. The van der Waals surface area contributed by atoms with Gasteiger partial charge >= 0.3 is 5.97 Å². The molecule has 5 nitrogen and oxygen atoms in total. The number of ether oxygens (including phenoxy) is 2. The maximum absolute atomic E-state index is 12.6. The lowest BCUT2D eigenvalue weighted by molar-refractivity contribution is -0.0278. The molecule has 2 aliphatic rings. The average Bonchev–Trinajstić information content (AvgIpc) is 3.57. The zero-order valence-electron chi connectivity index (χ0n) is 30.5. The Kier molecular flexibility index (Phi) is 12.9. The summed E-state index contributed by atoms with van der Waals surface area (Å²) in [6, 6.07) is 31.2. The molecule has 1 N–H and O–H groups in total. The topological polar surface area (TPSA) is 72.8 Å². The first-order valence-electron chi connectivity index (χ1n) is 17.8. The van der Waals surface area contributed by atoms with Gasteiger partial charge in [-0.3, -0.25) is 4.79 Å². The third-order valence-corrected chi connectivity index (χ3v) is 10.4. The van der Waals surface area contributed by atoms with Crippen LogP contribution in [0.1, 0.15) is 123 Å². The number of benzene rings is 4. The first kappa shape index (κ1) is 37.4. The Morgan fingerprint density at radius 1 is 0.796 bits per heavy atom. The predicted octanol–water partition coefficient (Wildman–Crippen LogP) is 10.7. The van der Waals surface area contributed by atoms with Crippen molar-refractivity contribution >= 4 is 11.8 Å². The normalized spacial score (nSPS) is 17.9. The van der Waals surface area contributed by atoms with Crippen molar-refractivity contribution in [1.82, 2.24) is 0 Å². The lowest BCUT2D eigenvalue weighted by Crippen LogP contribution is -2.37. The van der Waals surface area contributed by atoms with Crippen molar-refractivity contribution in [2.75, 3.05) is 0 Å². The van der Waals surface area contributed by atoms with Gasteiger partial charge in [-0.25, -0.2) is 4.79 Å². The van der Waals surface area contributed by atoms with Gasteiger partial charge in [-0.05, 0) is 117 Å². The summed E-state index contributed by atoms with van der Waals surface area (Å²) in [5.41, 5.74) is 6.20. The highest BCUT2D eigenvalue weighted by Crippen LogP contribution is 2.36. The van der Waals surface area contributed by atoms with Crippen LogP contribution in [-0.2, 0) is 17.6 Å². The standard InChI is InChI=1S/C23H28O2.C11H12O2.C10H14O/c1-5-16(2)17-10-12-18(13-11-17)22(24)25-23(3,4)21-14-19-8-6-7-9-20(19)15-21;1-7-8(2)13-10-6-4-3-5-9(10)11(7)12;1-3-8(2)9-4-6-10(11)7-5-9/h6-13,16,21H,5,14-15H2,1-4H3;3-8H,1-2H3;4-8,11H,3H2,1-2H3. The molecule has 0 aromatic heterocycles. The fraction of sp³-hybridized carbons (Fsp3) is 0.409. The molecule has 4 atom stereocenters. The first-order chi connectivity index (χ1) is 23.3. The van der Waals surface area contributed by atoms with Gasteiger partial charge < -0.3 is 14.6 Å². The number of carbonyl (C=O) groups is 2. The van der Waals surface area contributed by atoms with E-state index in [1.807, 2.05) is 88.4 Å². The molecule has 4 aromatic rings. The number of ketones is 1. The molecule has 1 aliphatic heterocycles. The number of fused-ring (bicyclic) bond motifs is 2. The highest BCUT2D eigenvalue weighted by molar-refractivity contribution is 6.01. The van der Waals surface area contributed by atoms with E-state index in [0.29, 0.717) is 34.6 Å².